The summed E-state index contributed by atoms with van der Waals surface area (Å²) in [6, 6.07) is 34.3. The first kappa shape index (κ1) is 51.0. The summed E-state index contributed by atoms with van der Waals surface area (Å²) in [6.07, 6.45) is 39.8. The Morgan fingerprint density at radius 1 is 0.623 bits per heavy atom. The summed E-state index contributed by atoms with van der Waals surface area (Å²) in [6.45, 7) is 18.6. The molecule has 5 aromatic rings. The zero-order valence-corrected chi connectivity index (χ0v) is 38.7. The van der Waals surface area contributed by atoms with Gasteiger partial charge in [0, 0.05) is 24.3 Å². The summed E-state index contributed by atoms with van der Waals surface area (Å²) in [5.41, 5.74) is 7.28. The Labute approximate surface area is 370 Å². The molecule has 0 fully saturated rings. The Bertz CT molecular complexity index is 2140. The maximum atomic E-state index is 4.38. The van der Waals surface area contributed by atoms with Gasteiger partial charge < -0.3 is 0 Å². The summed E-state index contributed by atoms with van der Waals surface area (Å²) in [7, 11) is -1.21. The van der Waals surface area contributed by atoms with Gasteiger partial charge in [0.05, 0.1) is 22.8 Å². The van der Waals surface area contributed by atoms with Crippen molar-refractivity contribution in [3.63, 3.8) is 0 Å². The second-order valence-electron chi connectivity index (χ2n) is 13.8. The van der Waals surface area contributed by atoms with Crippen molar-refractivity contribution in [1.82, 2.24) is 19.9 Å². The summed E-state index contributed by atoms with van der Waals surface area (Å²) in [5.74, 6) is 0. The molecule has 4 heterocycles. The fourth-order valence-electron chi connectivity index (χ4n) is 5.34. The molecule has 0 saturated carbocycles. The van der Waals surface area contributed by atoms with Gasteiger partial charge in [0.1, 0.15) is 0 Å². The van der Waals surface area contributed by atoms with Gasteiger partial charge in [-0.05, 0) is 147 Å². The molecular formula is C56H68N4S. The molecule has 1 unspecified atom stereocenters. The van der Waals surface area contributed by atoms with E-state index in [1.807, 2.05) is 98.8 Å². The fourth-order valence-corrected chi connectivity index (χ4v) is 7.67. The summed E-state index contributed by atoms with van der Waals surface area (Å²) >= 11 is 0. The van der Waals surface area contributed by atoms with E-state index < -0.39 is 10.0 Å². The van der Waals surface area contributed by atoms with Gasteiger partial charge in [-0.1, -0.05) is 142 Å². The third-order valence-electron chi connectivity index (χ3n) is 8.74. The number of aromatic nitrogens is 4. The Hall–Kier alpha value is -6.17. The first-order valence-electron chi connectivity index (χ1n) is 21.2. The van der Waals surface area contributed by atoms with E-state index in [9.17, 15) is 0 Å². The zero-order chi connectivity index (χ0) is 44.4. The minimum Gasteiger partial charge on any atom is -0.255 e. The summed E-state index contributed by atoms with van der Waals surface area (Å²) < 4.78 is 0. The van der Waals surface area contributed by atoms with Crippen molar-refractivity contribution >= 4 is 10.0 Å². The van der Waals surface area contributed by atoms with Crippen LogP contribution in [-0.4, -0.2) is 26.2 Å². The SMILES string of the molecule is C=CC/C=C\C=C/CC.C\C=C/C=C(C)\C=C\S(C)(/C(C)=C/C(/C=C\CC)=C/CC)c1ccccc1.Cc1cccc(-c2ccccn2)n1.c1ccc(-c2ccccn2)nc1. The first-order valence-corrected chi connectivity index (χ1v) is 23.3. The number of nitrogens with zero attached hydrogens (tertiary/aromatic N) is 4. The van der Waals surface area contributed by atoms with E-state index in [0.717, 1.165) is 54.2 Å². The van der Waals surface area contributed by atoms with Gasteiger partial charge in [0.15, 0.2) is 0 Å². The Morgan fingerprint density at radius 2 is 1.18 bits per heavy atom. The molecule has 4 aromatic heterocycles. The minimum absolute atomic E-state index is 0.915. The number of hydrogen-bond acceptors (Lipinski definition) is 4. The van der Waals surface area contributed by atoms with Crippen LogP contribution in [0.1, 0.15) is 72.9 Å². The highest BCUT2D eigenvalue weighted by atomic mass is 32.3. The number of pyridine rings is 4. The van der Waals surface area contributed by atoms with Crippen LogP contribution in [0.3, 0.4) is 0 Å². The van der Waals surface area contributed by atoms with Crippen LogP contribution in [0.25, 0.3) is 22.8 Å². The van der Waals surface area contributed by atoms with Crippen LogP contribution in [0.5, 0.6) is 0 Å². The van der Waals surface area contributed by atoms with Crippen molar-refractivity contribution in [2.45, 2.75) is 79.0 Å². The lowest BCUT2D eigenvalue weighted by Gasteiger charge is -2.34. The third kappa shape index (κ3) is 21.1. The molecule has 0 radical (unpaired) electrons. The van der Waals surface area contributed by atoms with Crippen LogP contribution in [0.2, 0.25) is 0 Å². The Kier molecular flexibility index (Phi) is 26.5. The van der Waals surface area contributed by atoms with Crippen molar-refractivity contribution in [2.24, 2.45) is 0 Å². The molecule has 1 aromatic carbocycles. The zero-order valence-electron chi connectivity index (χ0n) is 37.9. The van der Waals surface area contributed by atoms with E-state index in [-0.39, 0.29) is 0 Å². The quantitative estimate of drug-likeness (QED) is 0.0779. The van der Waals surface area contributed by atoms with E-state index in [0.29, 0.717) is 0 Å². The van der Waals surface area contributed by atoms with Gasteiger partial charge in [-0.25, -0.2) is 0 Å². The Morgan fingerprint density at radius 3 is 1.69 bits per heavy atom. The molecular weight excluding hydrogens is 761 g/mol. The molecule has 5 rings (SSSR count). The number of hydrogen-bond donors (Lipinski definition) is 0. The molecule has 0 N–H and O–H groups in total. The van der Waals surface area contributed by atoms with Gasteiger partial charge >= 0.3 is 0 Å². The average Bonchev–Trinajstić information content (AvgIpc) is 3.31. The molecule has 0 aliphatic heterocycles. The predicted octanol–water partition coefficient (Wildman–Crippen LogP) is 16.4. The predicted molar refractivity (Wildman–Crippen MR) is 271 cm³/mol. The van der Waals surface area contributed by atoms with E-state index in [4.69, 9.17) is 0 Å². The van der Waals surface area contributed by atoms with Crippen LogP contribution < -0.4 is 0 Å². The molecule has 0 bridgehead atoms. The maximum Gasteiger partial charge on any atom is 0.0889 e. The van der Waals surface area contributed by atoms with Crippen molar-refractivity contribution in [3.05, 3.63) is 234 Å². The molecule has 0 saturated heterocycles. The second-order valence-corrected chi connectivity index (χ2v) is 17.2. The standard InChI is InChI=1S/C26H36S.C11H10N2.C10H8N2.C9H14/c1-7-10-16-23(4)20-21-27(6,26-18-13-12-14-19-26)24(5)22-25(15-9-3)17-11-8-2;1-9-5-4-7-11(13-9)10-6-2-3-8-12-10;1-3-7-11-9(5-1)10-6-2-4-8-12-10;1-3-5-7-9-8-6-4-2/h7,10-22H,8-9H2,1-6H3;2-8H,1H3;1-8H;3,6-9H,1,4-5H2,2H3/b10-7-,17-11-,21-20+,23-16-,24-22+,25-15+;;;8-6-,9-7-. The second kappa shape index (κ2) is 31.7. The van der Waals surface area contributed by atoms with Gasteiger partial charge in [-0.2, -0.15) is 10.0 Å². The Balaban J connectivity index is 0.000000311. The van der Waals surface area contributed by atoms with Crippen LogP contribution in [-0.2, 0) is 0 Å². The molecule has 1 atom stereocenters. The van der Waals surface area contributed by atoms with Crippen molar-refractivity contribution in [3.8, 4) is 22.8 Å². The maximum absolute atomic E-state index is 4.38. The summed E-state index contributed by atoms with van der Waals surface area (Å²) in [4.78, 5) is 19.8. The molecule has 61 heavy (non-hydrogen) atoms. The van der Waals surface area contributed by atoms with Crippen molar-refractivity contribution < 1.29 is 0 Å². The highest BCUT2D eigenvalue weighted by molar-refractivity contribution is 8.38. The van der Waals surface area contributed by atoms with Gasteiger partial charge in [-0.3, -0.25) is 19.9 Å². The monoisotopic (exact) mass is 829 g/mol. The van der Waals surface area contributed by atoms with Crippen molar-refractivity contribution in [2.75, 3.05) is 6.26 Å². The highest BCUT2D eigenvalue weighted by Crippen LogP contribution is 2.60. The molecule has 318 valence electrons. The number of benzene rings is 1. The molecule has 0 aliphatic rings. The molecule has 0 aliphatic carbocycles. The number of rotatable bonds is 15. The van der Waals surface area contributed by atoms with Gasteiger partial charge in [0.25, 0.3) is 0 Å². The van der Waals surface area contributed by atoms with Crippen LogP contribution in [0.15, 0.2) is 234 Å². The van der Waals surface area contributed by atoms with Crippen LogP contribution >= 0.6 is 10.0 Å². The molecule has 0 spiro atoms. The third-order valence-corrected chi connectivity index (χ3v) is 12.1. The lowest BCUT2D eigenvalue weighted by atomic mass is 10.2. The van der Waals surface area contributed by atoms with Crippen molar-refractivity contribution in [1.29, 1.82) is 0 Å². The van der Waals surface area contributed by atoms with Gasteiger partial charge in [0.2, 0.25) is 0 Å². The van der Waals surface area contributed by atoms with Crippen LogP contribution in [0.4, 0.5) is 0 Å². The van der Waals surface area contributed by atoms with Crippen LogP contribution in [0, 0.1) is 6.92 Å². The minimum atomic E-state index is -1.21. The van der Waals surface area contributed by atoms with E-state index in [2.05, 4.69) is 170 Å². The highest BCUT2D eigenvalue weighted by Gasteiger charge is 2.20. The lowest BCUT2D eigenvalue weighted by molar-refractivity contribution is 1.18. The smallest absolute Gasteiger partial charge is 0.0889 e. The lowest BCUT2D eigenvalue weighted by Crippen LogP contribution is -1.98. The average molecular weight is 829 g/mol. The van der Waals surface area contributed by atoms with Gasteiger partial charge in [-0.15, -0.1) is 6.58 Å². The molecule has 4 nitrogen and oxygen atoms in total. The molecule has 5 heteroatoms. The largest absolute Gasteiger partial charge is 0.255 e. The normalized spacial score (nSPS) is 13.5. The van der Waals surface area contributed by atoms with E-state index in [1.165, 1.54) is 20.9 Å². The number of aryl methyl sites for hydroxylation is 1. The fraction of sp³-hybridized carbons (Fsp3) is 0.214. The molecule has 0 amide bonds. The topological polar surface area (TPSA) is 51.6 Å². The van der Waals surface area contributed by atoms with E-state index in [1.54, 1.807) is 18.6 Å². The van der Waals surface area contributed by atoms with E-state index >= 15 is 0 Å². The summed E-state index contributed by atoms with van der Waals surface area (Å²) in [5, 5.41) is 2.41. The number of allylic oxidation sites excluding steroid dienone is 16. The first-order chi connectivity index (χ1) is 29.7.